The zero-order valence-electron chi connectivity index (χ0n) is 11.1. The van der Waals surface area contributed by atoms with E-state index in [4.69, 9.17) is 16.2 Å². The van der Waals surface area contributed by atoms with E-state index in [-0.39, 0.29) is 6.04 Å². The average Bonchev–Trinajstić information content (AvgIpc) is 2.32. The van der Waals surface area contributed by atoms with Gasteiger partial charge in [0.1, 0.15) is 0 Å². The Morgan fingerprint density at radius 1 is 1.50 bits per heavy atom. The standard InChI is InChI=1S/C13H21N3O2/c1-4-16(9(2)8-18-3)12-6-5-10(13(15)17)7-11(12)14/h5-7,9H,4,8,14H2,1-3H3,(H2,15,17). The predicted octanol–water partition coefficient (Wildman–Crippen LogP) is 1.23. The van der Waals surface area contributed by atoms with Crippen LogP contribution in [0.5, 0.6) is 0 Å². The summed E-state index contributed by atoms with van der Waals surface area (Å²) in [6, 6.07) is 5.34. The molecule has 0 saturated carbocycles. The monoisotopic (exact) mass is 251 g/mol. The highest BCUT2D eigenvalue weighted by Crippen LogP contribution is 2.26. The van der Waals surface area contributed by atoms with E-state index in [1.807, 2.05) is 13.0 Å². The van der Waals surface area contributed by atoms with Gasteiger partial charge < -0.3 is 21.1 Å². The molecule has 4 N–H and O–H groups in total. The number of amides is 1. The number of methoxy groups -OCH3 is 1. The van der Waals surface area contributed by atoms with E-state index in [2.05, 4.69) is 11.8 Å². The molecule has 0 radical (unpaired) electrons. The number of benzene rings is 1. The van der Waals surface area contributed by atoms with Gasteiger partial charge in [-0.15, -0.1) is 0 Å². The highest BCUT2D eigenvalue weighted by molar-refractivity contribution is 5.94. The van der Waals surface area contributed by atoms with Crippen LogP contribution < -0.4 is 16.4 Å². The number of ether oxygens (including phenoxy) is 1. The van der Waals surface area contributed by atoms with Gasteiger partial charge in [0.2, 0.25) is 5.91 Å². The van der Waals surface area contributed by atoms with Gasteiger partial charge in [0.05, 0.1) is 18.0 Å². The van der Waals surface area contributed by atoms with Crippen LogP contribution in [-0.2, 0) is 4.74 Å². The number of primary amides is 1. The minimum Gasteiger partial charge on any atom is -0.397 e. The molecule has 100 valence electrons. The Kier molecular flexibility index (Phi) is 4.97. The van der Waals surface area contributed by atoms with E-state index in [0.717, 1.165) is 12.2 Å². The van der Waals surface area contributed by atoms with E-state index in [1.54, 1.807) is 19.2 Å². The lowest BCUT2D eigenvalue weighted by atomic mass is 10.1. The number of rotatable bonds is 6. The van der Waals surface area contributed by atoms with Crippen LogP contribution in [0.1, 0.15) is 24.2 Å². The largest absolute Gasteiger partial charge is 0.397 e. The molecule has 1 atom stereocenters. The Labute approximate surface area is 108 Å². The van der Waals surface area contributed by atoms with Crippen molar-refractivity contribution in [2.45, 2.75) is 19.9 Å². The van der Waals surface area contributed by atoms with Crippen LogP contribution in [0.3, 0.4) is 0 Å². The van der Waals surface area contributed by atoms with Crippen LogP contribution in [0.4, 0.5) is 11.4 Å². The first-order chi connectivity index (χ1) is 8.51. The van der Waals surface area contributed by atoms with Gasteiger partial charge in [-0.3, -0.25) is 4.79 Å². The summed E-state index contributed by atoms with van der Waals surface area (Å²) in [5.41, 5.74) is 13.1. The van der Waals surface area contributed by atoms with Gasteiger partial charge >= 0.3 is 0 Å². The third-order valence-electron chi connectivity index (χ3n) is 2.90. The molecule has 0 spiro atoms. The maximum Gasteiger partial charge on any atom is 0.248 e. The minimum atomic E-state index is -0.471. The fourth-order valence-electron chi connectivity index (χ4n) is 2.02. The second-order valence-corrected chi connectivity index (χ2v) is 4.23. The van der Waals surface area contributed by atoms with E-state index >= 15 is 0 Å². The first-order valence-electron chi connectivity index (χ1n) is 5.96. The second-order valence-electron chi connectivity index (χ2n) is 4.23. The molecule has 0 aromatic heterocycles. The van der Waals surface area contributed by atoms with Gasteiger partial charge in [-0.05, 0) is 32.0 Å². The summed E-state index contributed by atoms with van der Waals surface area (Å²) in [6.07, 6.45) is 0. The number of hydrogen-bond donors (Lipinski definition) is 2. The van der Waals surface area contributed by atoms with Crippen molar-refractivity contribution in [1.82, 2.24) is 0 Å². The van der Waals surface area contributed by atoms with E-state index in [1.165, 1.54) is 0 Å². The molecular formula is C13H21N3O2. The first-order valence-corrected chi connectivity index (χ1v) is 5.96. The van der Waals surface area contributed by atoms with Gasteiger partial charge in [-0.25, -0.2) is 0 Å². The van der Waals surface area contributed by atoms with Crippen molar-refractivity contribution in [3.8, 4) is 0 Å². The van der Waals surface area contributed by atoms with Crippen molar-refractivity contribution in [3.63, 3.8) is 0 Å². The molecule has 18 heavy (non-hydrogen) atoms. The number of carbonyl (C=O) groups is 1. The Morgan fingerprint density at radius 3 is 2.61 bits per heavy atom. The van der Waals surface area contributed by atoms with Crippen LogP contribution in [0.25, 0.3) is 0 Å². The maximum absolute atomic E-state index is 11.1. The summed E-state index contributed by atoms with van der Waals surface area (Å²) in [5.74, 6) is -0.471. The third-order valence-corrected chi connectivity index (χ3v) is 2.90. The van der Waals surface area contributed by atoms with Crippen LogP contribution >= 0.6 is 0 Å². The number of carbonyl (C=O) groups excluding carboxylic acids is 1. The Bertz CT molecular complexity index is 421. The lowest BCUT2D eigenvalue weighted by Gasteiger charge is -2.30. The van der Waals surface area contributed by atoms with Crippen molar-refractivity contribution in [3.05, 3.63) is 23.8 Å². The predicted molar refractivity (Wildman–Crippen MR) is 73.7 cm³/mol. The quantitative estimate of drug-likeness (QED) is 0.745. The maximum atomic E-state index is 11.1. The zero-order chi connectivity index (χ0) is 13.7. The zero-order valence-corrected chi connectivity index (χ0v) is 11.1. The number of likely N-dealkylation sites (N-methyl/N-ethyl adjacent to an activating group) is 1. The lowest BCUT2D eigenvalue weighted by Crippen LogP contribution is -2.36. The average molecular weight is 251 g/mol. The van der Waals surface area contributed by atoms with Gasteiger partial charge in [0, 0.05) is 25.3 Å². The summed E-state index contributed by atoms with van der Waals surface area (Å²) in [4.78, 5) is 13.2. The van der Waals surface area contributed by atoms with Crippen LogP contribution in [0, 0.1) is 0 Å². The van der Waals surface area contributed by atoms with Crippen molar-refractivity contribution in [2.75, 3.05) is 30.9 Å². The third kappa shape index (κ3) is 3.13. The topological polar surface area (TPSA) is 81.6 Å². The molecule has 0 aliphatic carbocycles. The van der Waals surface area contributed by atoms with E-state index in [0.29, 0.717) is 17.9 Å². The number of nitrogens with zero attached hydrogens (tertiary/aromatic N) is 1. The molecule has 5 heteroatoms. The molecule has 1 aromatic carbocycles. The fourth-order valence-corrected chi connectivity index (χ4v) is 2.02. The van der Waals surface area contributed by atoms with Crippen LogP contribution in [0.2, 0.25) is 0 Å². The summed E-state index contributed by atoms with van der Waals surface area (Å²) in [7, 11) is 1.67. The fraction of sp³-hybridized carbons (Fsp3) is 0.462. The molecular weight excluding hydrogens is 230 g/mol. The number of nitrogen functional groups attached to an aromatic ring is 1. The Hall–Kier alpha value is -1.75. The molecule has 1 unspecified atom stereocenters. The van der Waals surface area contributed by atoms with Gasteiger partial charge in [-0.1, -0.05) is 0 Å². The Balaban J connectivity index is 3.03. The van der Waals surface area contributed by atoms with Crippen molar-refractivity contribution < 1.29 is 9.53 Å². The molecule has 5 nitrogen and oxygen atoms in total. The van der Waals surface area contributed by atoms with E-state index in [9.17, 15) is 4.79 Å². The van der Waals surface area contributed by atoms with Crippen molar-refractivity contribution >= 4 is 17.3 Å². The van der Waals surface area contributed by atoms with Crippen molar-refractivity contribution in [2.24, 2.45) is 5.73 Å². The number of nitrogens with two attached hydrogens (primary N) is 2. The number of anilines is 2. The molecule has 0 aliphatic rings. The summed E-state index contributed by atoms with van der Waals surface area (Å²) >= 11 is 0. The molecule has 1 amide bonds. The highest BCUT2D eigenvalue weighted by atomic mass is 16.5. The SMILES string of the molecule is CCN(c1ccc(C(N)=O)cc1N)C(C)COC. The van der Waals surface area contributed by atoms with Gasteiger partial charge in [-0.2, -0.15) is 0 Å². The molecule has 0 bridgehead atoms. The molecule has 1 aromatic rings. The van der Waals surface area contributed by atoms with Gasteiger partial charge in [0.15, 0.2) is 0 Å². The normalized spacial score (nSPS) is 12.2. The van der Waals surface area contributed by atoms with Crippen LogP contribution in [0.15, 0.2) is 18.2 Å². The van der Waals surface area contributed by atoms with Crippen LogP contribution in [-0.4, -0.2) is 32.2 Å². The first kappa shape index (κ1) is 14.3. The smallest absolute Gasteiger partial charge is 0.248 e. The van der Waals surface area contributed by atoms with Gasteiger partial charge in [0.25, 0.3) is 0 Å². The van der Waals surface area contributed by atoms with Crippen molar-refractivity contribution in [1.29, 1.82) is 0 Å². The summed E-state index contributed by atoms with van der Waals surface area (Å²) < 4.78 is 5.15. The lowest BCUT2D eigenvalue weighted by molar-refractivity contribution is 0.100. The Morgan fingerprint density at radius 2 is 2.17 bits per heavy atom. The molecule has 0 fully saturated rings. The summed E-state index contributed by atoms with van der Waals surface area (Å²) in [6.45, 7) is 5.54. The molecule has 0 saturated heterocycles. The highest BCUT2D eigenvalue weighted by Gasteiger charge is 2.16. The molecule has 0 aliphatic heterocycles. The van der Waals surface area contributed by atoms with E-state index < -0.39 is 5.91 Å². The number of hydrogen-bond acceptors (Lipinski definition) is 4. The minimum absolute atomic E-state index is 0.210. The molecule has 0 heterocycles. The summed E-state index contributed by atoms with van der Waals surface area (Å²) in [5, 5.41) is 0. The molecule has 1 rings (SSSR count). The second kappa shape index (κ2) is 6.26.